The number of hydrazone groups is 2. The second kappa shape index (κ2) is 8.74. The average molecular weight is 456 g/mol. The van der Waals surface area contributed by atoms with E-state index in [1.807, 2.05) is 24.3 Å². The molecule has 0 N–H and O–H groups in total. The van der Waals surface area contributed by atoms with Crippen molar-refractivity contribution < 1.29 is 19.1 Å². The van der Waals surface area contributed by atoms with Gasteiger partial charge in [0.1, 0.15) is 0 Å². The molecule has 0 saturated heterocycles. The SMILES string of the molecule is CC(=O)N1N=C(c2cccc(C3=NN(C(C)=O)C(c4cccnc4)O3)c2)OC1c1cccnc1. The van der Waals surface area contributed by atoms with Gasteiger partial charge in [0.25, 0.3) is 0 Å². The van der Waals surface area contributed by atoms with E-state index in [4.69, 9.17) is 9.47 Å². The van der Waals surface area contributed by atoms with Gasteiger partial charge in [0.05, 0.1) is 0 Å². The molecule has 1 aromatic carbocycles. The highest BCUT2D eigenvalue weighted by atomic mass is 16.5. The van der Waals surface area contributed by atoms with Crippen LogP contribution in [0.3, 0.4) is 0 Å². The third-order valence-electron chi connectivity index (χ3n) is 5.23. The zero-order chi connectivity index (χ0) is 23.7. The summed E-state index contributed by atoms with van der Waals surface area (Å²) in [5.41, 5.74) is 2.65. The van der Waals surface area contributed by atoms with E-state index in [0.29, 0.717) is 22.3 Å². The van der Waals surface area contributed by atoms with Crippen molar-refractivity contribution in [3.05, 3.63) is 95.6 Å². The molecule has 5 rings (SSSR count). The van der Waals surface area contributed by atoms with Crippen molar-refractivity contribution in [2.45, 2.75) is 26.3 Å². The molecule has 2 atom stereocenters. The Morgan fingerprint density at radius 3 is 1.59 bits per heavy atom. The second-order valence-electron chi connectivity index (χ2n) is 7.63. The third-order valence-corrected chi connectivity index (χ3v) is 5.23. The molecular formula is C24H20N6O4. The van der Waals surface area contributed by atoms with Gasteiger partial charge in [-0.25, -0.2) is 0 Å². The van der Waals surface area contributed by atoms with E-state index in [0.717, 1.165) is 0 Å². The Hall–Kier alpha value is -4.60. The van der Waals surface area contributed by atoms with Gasteiger partial charge in [-0.1, -0.05) is 18.2 Å². The van der Waals surface area contributed by atoms with E-state index in [9.17, 15) is 9.59 Å². The lowest BCUT2D eigenvalue weighted by Gasteiger charge is -2.18. The fourth-order valence-electron chi connectivity index (χ4n) is 3.63. The summed E-state index contributed by atoms with van der Waals surface area (Å²) in [6.45, 7) is 2.84. The second-order valence-corrected chi connectivity index (χ2v) is 7.63. The van der Waals surface area contributed by atoms with Gasteiger partial charge < -0.3 is 9.47 Å². The Morgan fingerprint density at radius 2 is 1.21 bits per heavy atom. The zero-order valence-electron chi connectivity index (χ0n) is 18.4. The van der Waals surface area contributed by atoms with Crippen LogP contribution in [0, 0.1) is 0 Å². The maximum absolute atomic E-state index is 12.2. The molecule has 170 valence electrons. The monoisotopic (exact) mass is 456 g/mol. The highest BCUT2D eigenvalue weighted by Gasteiger charge is 2.35. The van der Waals surface area contributed by atoms with Crippen LogP contribution in [0.15, 0.2) is 83.5 Å². The summed E-state index contributed by atoms with van der Waals surface area (Å²) >= 11 is 0. The first-order valence-corrected chi connectivity index (χ1v) is 10.5. The molecule has 3 aromatic rings. The van der Waals surface area contributed by atoms with Gasteiger partial charge in [-0.2, -0.15) is 10.0 Å². The van der Waals surface area contributed by atoms with Crippen molar-refractivity contribution in [2.24, 2.45) is 10.2 Å². The molecule has 0 radical (unpaired) electrons. The van der Waals surface area contributed by atoms with E-state index in [2.05, 4.69) is 20.2 Å². The summed E-state index contributed by atoms with van der Waals surface area (Å²) in [5, 5.41) is 11.3. The van der Waals surface area contributed by atoms with Crippen LogP contribution >= 0.6 is 0 Å². The molecule has 2 amide bonds. The number of benzene rings is 1. The van der Waals surface area contributed by atoms with Crippen LogP contribution in [0.2, 0.25) is 0 Å². The summed E-state index contributed by atoms with van der Waals surface area (Å²) in [6, 6.07) is 14.4. The van der Waals surface area contributed by atoms with Crippen LogP contribution in [0.1, 0.15) is 48.6 Å². The lowest BCUT2D eigenvalue weighted by Crippen LogP contribution is -2.25. The minimum absolute atomic E-state index is 0.264. The summed E-state index contributed by atoms with van der Waals surface area (Å²) in [5.74, 6) is 0.0216. The van der Waals surface area contributed by atoms with Gasteiger partial charge in [-0.3, -0.25) is 19.6 Å². The van der Waals surface area contributed by atoms with Gasteiger partial charge in [-0.05, 0) is 30.3 Å². The minimum atomic E-state index is -0.715. The Balaban J connectivity index is 1.44. The molecule has 34 heavy (non-hydrogen) atoms. The minimum Gasteiger partial charge on any atom is -0.446 e. The van der Waals surface area contributed by atoms with Gasteiger partial charge in [0.15, 0.2) is 0 Å². The molecule has 0 aliphatic carbocycles. The van der Waals surface area contributed by atoms with E-state index < -0.39 is 12.5 Å². The number of hydrogen-bond donors (Lipinski definition) is 0. The molecule has 0 bridgehead atoms. The number of aromatic nitrogens is 2. The number of rotatable bonds is 4. The topological polar surface area (TPSA) is 110 Å². The van der Waals surface area contributed by atoms with Crippen LogP contribution < -0.4 is 0 Å². The molecule has 2 aliphatic heterocycles. The number of nitrogens with zero attached hydrogens (tertiary/aromatic N) is 6. The molecule has 10 nitrogen and oxygen atoms in total. The van der Waals surface area contributed by atoms with Gasteiger partial charge in [0.2, 0.25) is 36.1 Å². The van der Waals surface area contributed by atoms with Crippen molar-refractivity contribution in [1.82, 2.24) is 20.0 Å². The van der Waals surface area contributed by atoms with Crippen molar-refractivity contribution in [1.29, 1.82) is 0 Å². The number of hydrogen-bond acceptors (Lipinski definition) is 8. The fraction of sp³-hybridized carbons (Fsp3) is 0.167. The van der Waals surface area contributed by atoms with Gasteiger partial charge in [0, 0.05) is 60.9 Å². The van der Waals surface area contributed by atoms with Crippen molar-refractivity contribution >= 4 is 23.6 Å². The first-order valence-electron chi connectivity index (χ1n) is 10.5. The highest BCUT2D eigenvalue weighted by molar-refractivity contribution is 6.01. The summed E-state index contributed by atoms with van der Waals surface area (Å²) in [7, 11) is 0. The van der Waals surface area contributed by atoms with E-state index in [1.165, 1.54) is 23.9 Å². The van der Waals surface area contributed by atoms with Crippen LogP contribution in [-0.4, -0.2) is 43.6 Å². The predicted molar refractivity (Wildman–Crippen MR) is 121 cm³/mol. The fourth-order valence-corrected chi connectivity index (χ4v) is 3.63. The van der Waals surface area contributed by atoms with Gasteiger partial charge >= 0.3 is 0 Å². The quantitative estimate of drug-likeness (QED) is 0.597. The molecule has 2 unspecified atom stereocenters. The molecule has 10 heteroatoms. The standard InChI is InChI=1S/C24H20N6O4/c1-15(31)29-23(19-8-4-10-25-13-19)33-21(27-29)17-6-3-7-18(12-17)22-28-30(16(2)32)24(34-22)20-9-5-11-26-14-20/h3-14,23-24H,1-2H3. The first-order chi connectivity index (χ1) is 16.5. The molecule has 0 fully saturated rings. The van der Waals surface area contributed by atoms with Crippen LogP contribution in [0.25, 0.3) is 0 Å². The molecule has 0 spiro atoms. The van der Waals surface area contributed by atoms with Crippen LogP contribution in [-0.2, 0) is 19.1 Å². The Morgan fingerprint density at radius 1 is 0.735 bits per heavy atom. The predicted octanol–water partition coefficient (Wildman–Crippen LogP) is 2.95. The van der Waals surface area contributed by atoms with Gasteiger partial charge in [-0.15, -0.1) is 10.2 Å². The molecule has 0 saturated carbocycles. The largest absolute Gasteiger partial charge is 0.446 e. The molecule has 2 aromatic heterocycles. The van der Waals surface area contributed by atoms with E-state index in [1.54, 1.807) is 49.1 Å². The molecule has 2 aliphatic rings. The number of ether oxygens (including phenoxy) is 2. The average Bonchev–Trinajstić information content (AvgIpc) is 3.51. The maximum Gasteiger partial charge on any atom is 0.243 e. The number of carbonyl (C=O) groups is 2. The third kappa shape index (κ3) is 3.96. The van der Waals surface area contributed by atoms with Crippen LogP contribution in [0.5, 0.6) is 0 Å². The summed E-state index contributed by atoms with van der Waals surface area (Å²) in [6.07, 6.45) is 5.12. The molecule has 4 heterocycles. The Labute approximate surface area is 195 Å². The normalized spacial score (nSPS) is 19.2. The zero-order valence-corrected chi connectivity index (χ0v) is 18.4. The first kappa shape index (κ1) is 21.3. The maximum atomic E-state index is 12.2. The molecular weight excluding hydrogens is 436 g/mol. The smallest absolute Gasteiger partial charge is 0.243 e. The number of amides is 2. The van der Waals surface area contributed by atoms with Crippen molar-refractivity contribution in [3.8, 4) is 0 Å². The highest BCUT2D eigenvalue weighted by Crippen LogP contribution is 2.32. The number of carbonyl (C=O) groups excluding carboxylic acids is 2. The number of pyridine rings is 2. The van der Waals surface area contributed by atoms with Crippen molar-refractivity contribution in [3.63, 3.8) is 0 Å². The van der Waals surface area contributed by atoms with Crippen LogP contribution in [0.4, 0.5) is 0 Å². The van der Waals surface area contributed by atoms with E-state index >= 15 is 0 Å². The lowest BCUT2D eigenvalue weighted by molar-refractivity contribution is -0.136. The summed E-state index contributed by atoms with van der Waals surface area (Å²) < 4.78 is 12.1. The van der Waals surface area contributed by atoms with Crippen molar-refractivity contribution in [2.75, 3.05) is 0 Å². The van der Waals surface area contributed by atoms with E-state index in [-0.39, 0.29) is 23.6 Å². The Bertz CT molecular complexity index is 1200. The lowest BCUT2D eigenvalue weighted by atomic mass is 10.1. The summed E-state index contributed by atoms with van der Waals surface area (Å²) in [4.78, 5) is 32.6. The Kier molecular flexibility index (Phi) is 5.46.